The molecular formula is C26H24FN7O2. The molecule has 1 aliphatic rings. The SMILES string of the molecule is Oc1ccc(-c2ccc(Nc3ccc(/C=N/Nc4ncc(F)c(N5CCOCC5)n4)nc3)cc2)cc1. The van der Waals surface area contributed by atoms with Crippen molar-refractivity contribution in [3.05, 3.63) is 84.6 Å². The molecule has 9 nitrogen and oxygen atoms in total. The second kappa shape index (κ2) is 10.8. The van der Waals surface area contributed by atoms with E-state index in [0.29, 0.717) is 32.0 Å². The van der Waals surface area contributed by atoms with E-state index in [2.05, 4.69) is 30.8 Å². The molecular weight excluding hydrogens is 461 g/mol. The Balaban J connectivity index is 1.17. The molecule has 0 amide bonds. The van der Waals surface area contributed by atoms with Crippen LogP contribution in [0, 0.1) is 5.82 Å². The minimum atomic E-state index is -0.480. The van der Waals surface area contributed by atoms with E-state index in [1.165, 1.54) is 6.21 Å². The zero-order chi connectivity index (χ0) is 24.7. The van der Waals surface area contributed by atoms with Gasteiger partial charge in [0.25, 0.3) is 0 Å². The number of nitrogens with one attached hydrogen (secondary N) is 2. The van der Waals surface area contributed by atoms with Crippen molar-refractivity contribution in [2.24, 2.45) is 5.10 Å². The van der Waals surface area contributed by atoms with Crippen LogP contribution in [-0.2, 0) is 4.74 Å². The number of rotatable bonds is 7. The van der Waals surface area contributed by atoms with Crippen molar-refractivity contribution in [2.45, 2.75) is 0 Å². The molecule has 0 saturated carbocycles. The van der Waals surface area contributed by atoms with Crippen LogP contribution < -0.4 is 15.6 Å². The molecule has 10 heteroatoms. The zero-order valence-electron chi connectivity index (χ0n) is 19.3. The molecule has 0 spiro atoms. The van der Waals surface area contributed by atoms with Crippen LogP contribution in [-0.4, -0.2) is 52.6 Å². The summed E-state index contributed by atoms with van der Waals surface area (Å²) < 4.78 is 19.5. The molecule has 1 saturated heterocycles. The van der Waals surface area contributed by atoms with Gasteiger partial charge in [-0.25, -0.2) is 14.8 Å². The molecule has 4 aromatic rings. The summed E-state index contributed by atoms with van der Waals surface area (Å²) in [6, 6.07) is 18.8. The van der Waals surface area contributed by atoms with Crippen molar-refractivity contribution in [2.75, 3.05) is 41.9 Å². The summed E-state index contributed by atoms with van der Waals surface area (Å²) in [5.74, 6) is 0.195. The van der Waals surface area contributed by atoms with E-state index in [-0.39, 0.29) is 17.5 Å². The van der Waals surface area contributed by atoms with Crippen LogP contribution in [0.15, 0.2) is 78.2 Å². The number of pyridine rings is 1. The van der Waals surface area contributed by atoms with E-state index < -0.39 is 5.82 Å². The molecule has 2 aromatic carbocycles. The quantitative estimate of drug-likeness (QED) is 0.261. The number of morpholine rings is 1. The normalized spacial score (nSPS) is 13.6. The van der Waals surface area contributed by atoms with Gasteiger partial charge in [0.1, 0.15) is 5.75 Å². The van der Waals surface area contributed by atoms with Crippen LogP contribution in [0.25, 0.3) is 11.1 Å². The van der Waals surface area contributed by atoms with Crippen molar-refractivity contribution in [3.8, 4) is 16.9 Å². The van der Waals surface area contributed by atoms with Crippen molar-refractivity contribution < 1.29 is 14.2 Å². The Bertz CT molecular complexity index is 1320. The maximum atomic E-state index is 14.1. The summed E-state index contributed by atoms with van der Waals surface area (Å²) in [7, 11) is 0. The van der Waals surface area contributed by atoms with Crippen molar-refractivity contribution in [3.63, 3.8) is 0 Å². The third kappa shape index (κ3) is 5.73. The monoisotopic (exact) mass is 485 g/mol. The van der Waals surface area contributed by atoms with Crippen molar-refractivity contribution >= 4 is 29.4 Å². The van der Waals surface area contributed by atoms with Gasteiger partial charge in [-0.15, -0.1) is 0 Å². The van der Waals surface area contributed by atoms with Gasteiger partial charge in [-0.2, -0.15) is 10.1 Å². The molecule has 3 heterocycles. The fourth-order valence-corrected chi connectivity index (χ4v) is 3.69. The Morgan fingerprint density at radius 3 is 2.28 bits per heavy atom. The number of hydrazone groups is 1. The molecule has 1 aliphatic heterocycles. The molecule has 36 heavy (non-hydrogen) atoms. The van der Waals surface area contributed by atoms with Crippen LogP contribution in [0.1, 0.15) is 5.69 Å². The summed E-state index contributed by atoms with van der Waals surface area (Å²) in [5, 5.41) is 16.9. The van der Waals surface area contributed by atoms with Gasteiger partial charge >= 0.3 is 0 Å². The number of phenols is 1. The average molecular weight is 486 g/mol. The van der Waals surface area contributed by atoms with Gasteiger partial charge < -0.3 is 20.1 Å². The first-order valence-corrected chi connectivity index (χ1v) is 11.4. The van der Waals surface area contributed by atoms with E-state index in [9.17, 15) is 9.50 Å². The summed E-state index contributed by atoms with van der Waals surface area (Å²) >= 11 is 0. The third-order valence-electron chi connectivity index (χ3n) is 5.56. The lowest BCUT2D eigenvalue weighted by molar-refractivity contribution is 0.122. The molecule has 0 bridgehead atoms. The predicted molar refractivity (Wildman–Crippen MR) is 137 cm³/mol. The van der Waals surface area contributed by atoms with E-state index >= 15 is 0 Å². The van der Waals surface area contributed by atoms with Gasteiger partial charge in [0.2, 0.25) is 5.95 Å². The van der Waals surface area contributed by atoms with Gasteiger partial charge in [0.05, 0.1) is 43.2 Å². The first kappa shape index (κ1) is 23.2. The second-order valence-electron chi connectivity index (χ2n) is 8.06. The molecule has 182 valence electrons. The van der Waals surface area contributed by atoms with E-state index in [4.69, 9.17) is 4.74 Å². The first-order valence-electron chi connectivity index (χ1n) is 11.4. The second-order valence-corrected chi connectivity index (χ2v) is 8.06. The van der Waals surface area contributed by atoms with Crippen LogP contribution >= 0.6 is 0 Å². The number of halogens is 1. The molecule has 3 N–H and O–H groups in total. The highest BCUT2D eigenvalue weighted by Crippen LogP contribution is 2.25. The molecule has 0 unspecified atom stereocenters. The van der Waals surface area contributed by atoms with Crippen molar-refractivity contribution in [1.82, 2.24) is 15.0 Å². The van der Waals surface area contributed by atoms with Crippen LogP contribution in [0.2, 0.25) is 0 Å². The van der Waals surface area contributed by atoms with Gasteiger partial charge in [-0.05, 0) is 47.5 Å². The molecule has 5 rings (SSSR count). The Morgan fingerprint density at radius 2 is 1.58 bits per heavy atom. The van der Waals surface area contributed by atoms with E-state index in [0.717, 1.165) is 28.7 Å². The number of aromatic nitrogens is 3. The summed E-state index contributed by atoms with van der Waals surface area (Å²) in [4.78, 5) is 14.4. The number of nitrogens with zero attached hydrogens (tertiary/aromatic N) is 5. The zero-order valence-corrected chi connectivity index (χ0v) is 19.3. The number of benzene rings is 2. The number of phenolic OH excluding ortho intramolecular Hbond substituents is 1. The minimum Gasteiger partial charge on any atom is -0.508 e. The Morgan fingerprint density at radius 1 is 0.889 bits per heavy atom. The molecule has 1 fully saturated rings. The van der Waals surface area contributed by atoms with Crippen LogP contribution in [0.5, 0.6) is 5.75 Å². The third-order valence-corrected chi connectivity index (χ3v) is 5.56. The van der Waals surface area contributed by atoms with Gasteiger partial charge in [0, 0.05) is 18.8 Å². The maximum absolute atomic E-state index is 14.1. The number of anilines is 4. The van der Waals surface area contributed by atoms with Crippen LogP contribution in [0.4, 0.5) is 27.5 Å². The Labute approximate surface area is 207 Å². The van der Waals surface area contributed by atoms with E-state index in [1.54, 1.807) is 18.3 Å². The molecule has 0 atom stereocenters. The fraction of sp³-hybridized carbons (Fsp3) is 0.154. The first-order chi connectivity index (χ1) is 17.6. The maximum Gasteiger partial charge on any atom is 0.245 e. The number of hydrogen-bond acceptors (Lipinski definition) is 9. The number of hydrogen-bond donors (Lipinski definition) is 3. The van der Waals surface area contributed by atoms with Gasteiger partial charge in [-0.1, -0.05) is 24.3 Å². The van der Waals surface area contributed by atoms with E-state index in [1.807, 2.05) is 53.4 Å². The molecule has 2 aromatic heterocycles. The van der Waals surface area contributed by atoms with Gasteiger partial charge in [0.15, 0.2) is 11.6 Å². The predicted octanol–water partition coefficient (Wildman–Crippen LogP) is 4.41. The average Bonchev–Trinajstić information content (AvgIpc) is 2.92. The van der Waals surface area contributed by atoms with Crippen LogP contribution in [0.3, 0.4) is 0 Å². The smallest absolute Gasteiger partial charge is 0.245 e. The lowest BCUT2D eigenvalue weighted by Gasteiger charge is -2.27. The van der Waals surface area contributed by atoms with Crippen molar-refractivity contribution in [1.29, 1.82) is 0 Å². The highest BCUT2D eigenvalue weighted by atomic mass is 19.1. The molecule has 0 radical (unpaired) electrons. The summed E-state index contributed by atoms with van der Waals surface area (Å²) in [6.45, 7) is 2.21. The summed E-state index contributed by atoms with van der Waals surface area (Å²) in [6.07, 6.45) is 4.38. The summed E-state index contributed by atoms with van der Waals surface area (Å²) in [5.41, 5.74) is 7.20. The molecule has 0 aliphatic carbocycles. The highest BCUT2D eigenvalue weighted by molar-refractivity contribution is 5.78. The standard InChI is InChI=1S/C26H24FN7O2/c27-24-17-29-26(32-25(24)34-11-13-36-14-12-34)33-30-16-21-7-8-22(15-28-21)31-20-5-1-18(2-6-20)19-3-9-23(35)10-4-19/h1-10,15-17,31,35H,11-14H2,(H,29,32,33)/b30-16+. The van der Waals surface area contributed by atoms with Gasteiger partial charge in [-0.3, -0.25) is 4.98 Å². The Hall–Kier alpha value is -4.57. The largest absolute Gasteiger partial charge is 0.508 e. The lowest BCUT2D eigenvalue weighted by atomic mass is 10.1. The highest BCUT2D eigenvalue weighted by Gasteiger charge is 2.17. The lowest BCUT2D eigenvalue weighted by Crippen LogP contribution is -2.37. The number of ether oxygens (including phenoxy) is 1. The Kier molecular flexibility index (Phi) is 6.95. The number of aromatic hydroxyl groups is 1. The topological polar surface area (TPSA) is 108 Å². The fourth-order valence-electron chi connectivity index (χ4n) is 3.69. The minimum absolute atomic E-state index is 0.197.